The molecule has 0 unspecified atom stereocenters. The smallest absolute Gasteiger partial charge is 0.416 e. The van der Waals surface area contributed by atoms with Crippen LogP contribution in [0.2, 0.25) is 0 Å². The first-order valence-corrected chi connectivity index (χ1v) is 4.87. The summed E-state index contributed by atoms with van der Waals surface area (Å²) in [5.41, 5.74) is 0. The van der Waals surface area contributed by atoms with Gasteiger partial charge in [0.15, 0.2) is 0 Å². The Morgan fingerprint density at radius 3 is 2.56 bits per heavy atom. The molecule has 0 aliphatic carbocycles. The highest BCUT2D eigenvalue weighted by atomic mass is 19.4. The number of carbonyl (C=O) groups excluding carboxylic acids is 2. The molecule has 0 saturated carbocycles. The van der Waals surface area contributed by atoms with Crippen molar-refractivity contribution >= 4 is 12.0 Å². The Hall–Kier alpha value is -1.87. The normalized spacial score (nSPS) is 17.5. The summed E-state index contributed by atoms with van der Waals surface area (Å²) in [5, 5.41) is 10.1. The number of ether oxygens (including phenoxy) is 1. The second-order valence-corrected chi connectivity index (χ2v) is 3.62. The number of carbonyl (C=O) groups is 2. The highest BCUT2D eigenvalue weighted by Gasteiger charge is 2.45. The topological polar surface area (TPSA) is 89.8 Å². The van der Waals surface area contributed by atoms with Crippen LogP contribution in [0.25, 0.3) is 0 Å². The lowest BCUT2D eigenvalue weighted by Gasteiger charge is -2.18. The maximum absolute atomic E-state index is 12.4. The first kappa shape index (κ1) is 14.2. The summed E-state index contributed by atoms with van der Waals surface area (Å²) in [7, 11) is 0. The van der Waals surface area contributed by atoms with E-state index in [0.29, 0.717) is 4.90 Å². The van der Waals surface area contributed by atoms with E-state index in [1.807, 2.05) is 0 Å². The number of rotatable bonds is 4. The second-order valence-electron chi connectivity index (χ2n) is 3.62. The minimum Gasteiger partial charge on any atom is -0.447 e. The molecular formula is C8H9F3N2O5. The van der Waals surface area contributed by atoms with Gasteiger partial charge in [-0.25, -0.2) is 9.69 Å². The predicted molar refractivity (Wildman–Crippen MR) is 49.1 cm³/mol. The van der Waals surface area contributed by atoms with Gasteiger partial charge in [-0.2, -0.15) is 13.2 Å². The first-order chi connectivity index (χ1) is 8.21. The number of nitro groups is 1. The quantitative estimate of drug-likeness (QED) is 0.557. The lowest BCUT2D eigenvalue weighted by molar-refractivity contribution is -0.497. The van der Waals surface area contributed by atoms with E-state index in [4.69, 9.17) is 0 Å². The number of hydrogen-bond acceptors (Lipinski definition) is 5. The van der Waals surface area contributed by atoms with Crippen molar-refractivity contribution in [3.63, 3.8) is 0 Å². The van der Waals surface area contributed by atoms with Gasteiger partial charge in [-0.1, -0.05) is 0 Å². The summed E-state index contributed by atoms with van der Waals surface area (Å²) in [6, 6.07) is 0. The van der Waals surface area contributed by atoms with Gasteiger partial charge in [-0.3, -0.25) is 14.9 Å². The molecular weight excluding hydrogens is 261 g/mol. The van der Waals surface area contributed by atoms with Crippen molar-refractivity contribution in [2.45, 2.75) is 12.6 Å². The molecule has 0 aromatic heterocycles. The average molecular weight is 270 g/mol. The van der Waals surface area contributed by atoms with Gasteiger partial charge in [0.2, 0.25) is 12.5 Å². The standard InChI is InChI=1S/C8H9F3N2O5/c9-8(10,11)5(4-13(16)17)3-6(14)12-1-2-18-7(12)15/h5H,1-4H2/t5-/m0/s1. The van der Waals surface area contributed by atoms with Crippen molar-refractivity contribution in [1.82, 2.24) is 4.90 Å². The van der Waals surface area contributed by atoms with Crippen LogP contribution >= 0.6 is 0 Å². The van der Waals surface area contributed by atoms with E-state index < -0.39 is 42.0 Å². The van der Waals surface area contributed by atoms with Crippen molar-refractivity contribution < 1.29 is 32.4 Å². The third-order valence-corrected chi connectivity index (χ3v) is 2.32. The highest BCUT2D eigenvalue weighted by Crippen LogP contribution is 2.29. The van der Waals surface area contributed by atoms with E-state index in [2.05, 4.69) is 4.74 Å². The van der Waals surface area contributed by atoms with Crippen LogP contribution in [0.15, 0.2) is 0 Å². The van der Waals surface area contributed by atoms with Gasteiger partial charge in [0.1, 0.15) is 12.5 Å². The Morgan fingerprint density at radius 2 is 2.17 bits per heavy atom. The molecule has 7 nitrogen and oxygen atoms in total. The molecule has 1 aliphatic rings. The van der Waals surface area contributed by atoms with Crippen LogP contribution in [0.5, 0.6) is 0 Å². The molecule has 1 rings (SSSR count). The van der Waals surface area contributed by atoms with E-state index in [1.165, 1.54) is 0 Å². The van der Waals surface area contributed by atoms with Gasteiger partial charge in [0.25, 0.3) is 0 Å². The lowest BCUT2D eigenvalue weighted by atomic mass is 10.0. The zero-order valence-electron chi connectivity index (χ0n) is 8.98. The van der Waals surface area contributed by atoms with E-state index in [-0.39, 0.29) is 13.2 Å². The Kier molecular flexibility index (Phi) is 4.09. The minimum absolute atomic E-state index is 0.0868. The first-order valence-electron chi connectivity index (χ1n) is 4.87. The van der Waals surface area contributed by atoms with Crippen LogP contribution < -0.4 is 0 Å². The molecule has 1 heterocycles. The Bertz CT molecular complexity index is 370. The molecule has 1 saturated heterocycles. The Balaban J connectivity index is 2.68. The van der Waals surface area contributed by atoms with E-state index in [0.717, 1.165) is 0 Å². The molecule has 0 radical (unpaired) electrons. The summed E-state index contributed by atoms with van der Waals surface area (Å²) >= 11 is 0. The third-order valence-electron chi connectivity index (χ3n) is 2.32. The SMILES string of the molecule is O=C(C[C@@H](C[N+](=O)[O-])C(F)(F)F)N1CCOC1=O. The molecule has 0 aromatic rings. The van der Waals surface area contributed by atoms with Crippen molar-refractivity contribution in [1.29, 1.82) is 0 Å². The third kappa shape index (κ3) is 3.57. The summed E-state index contributed by atoms with van der Waals surface area (Å²) in [4.78, 5) is 31.8. The van der Waals surface area contributed by atoms with Gasteiger partial charge in [-0.05, 0) is 0 Å². The predicted octanol–water partition coefficient (Wildman–Crippen LogP) is 0.811. The maximum Gasteiger partial charge on any atom is 0.416 e. The summed E-state index contributed by atoms with van der Waals surface area (Å²) in [6.45, 7) is -1.63. The fraction of sp³-hybridized carbons (Fsp3) is 0.750. The van der Waals surface area contributed by atoms with E-state index in [9.17, 15) is 32.9 Å². The number of cyclic esters (lactones) is 1. The van der Waals surface area contributed by atoms with Gasteiger partial charge < -0.3 is 4.74 Å². The molecule has 2 amide bonds. The molecule has 1 fully saturated rings. The molecule has 0 aromatic carbocycles. The summed E-state index contributed by atoms with van der Waals surface area (Å²) in [5.74, 6) is -3.53. The van der Waals surface area contributed by atoms with Gasteiger partial charge in [-0.15, -0.1) is 0 Å². The number of amides is 2. The molecule has 1 atom stereocenters. The number of imide groups is 1. The molecule has 102 valence electrons. The highest BCUT2D eigenvalue weighted by molar-refractivity contribution is 5.93. The van der Waals surface area contributed by atoms with Crippen molar-refractivity contribution in [2.75, 3.05) is 19.7 Å². The van der Waals surface area contributed by atoms with Crippen LogP contribution in [-0.4, -0.2) is 47.7 Å². The van der Waals surface area contributed by atoms with E-state index in [1.54, 1.807) is 0 Å². The minimum atomic E-state index is -4.87. The summed E-state index contributed by atoms with van der Waals surface area (Å²) in [6.07, 6.45) is -7.03. The van der Waals surface area contributed by atoms with Gasteiger partial charge in [0.05, 0.1) is 6.54 Å². The Labute approximate surface area is 98.6 Å². The van der Waals surface area contributed by atoms with Gasteiger partial charge in [0, 0.05) is 11.3 Å². The van der Waals surface area contributed by atoms with Crippen LogP contribution in [0.3, 0.4) is 0 Å². The zero-order valence-corrected chi connectivity index (χ0v) is 8.98. The molecule has 0 N–H and O–H groups in total. The number of nitrogens with zero attached hydrogens (tertiary/aromatic N) is 2. The molecule has 1 aliphatic heterocycles. The molecule has 0 spiro atoms. The molecule has 10 heteroatoms. The van der Waals surface area contributed by atoms with Crippen LogP contribution in [0.4, 0.5) is 18.0 Å². The molecule has 18 heavy (non-hydrogen) atoms. The second kappa shape index (κ2) is 5.19. The lowest BCUT2D eigenvalue weighted by Crippen LogP contribution is -2.38. The van der Waals surface area contributed by atoms with E-state index >= 15 is 0 Å². The maximum atomic E-state index is 12.4. The average Bonchev–Trinajstić information content (AvgIpc) is 2.61. The van der Waals surface area contributed by atoms with Crippen molar-refractivity contribution in [3.05, 3.63) is 10.1 Å². The van der Waals surface area contributed by atoms with Crippen LogP contribution in [-0.2, 0) is 9.53 Å². The zero-order chi connectivity index (χ0) is 13.9. The van der Waals surface area contributed by atoms with Crippen molar-refractivity contribution in [2.24, 2.45) is 5.92 Å². The number of hydrogen-bond donors (Lipinski definition) is 0. The summed E-state index contributed by atoms with van der Waals surface area (Å²) < 4.78 is 41.7. The van der Waals surface area contributed by atoms with Gasteiger partial charge >= 0.3 is 12.3 Å². The largest absolute Gasteiger partial charge is 0.447 e. The van der Waals surface area contributed by atoms with Crippen LogP contribution in [0.1, 0.15) is 6.42 Å². The fourth-order valence-corrected chi connectivity index (χ4v) is 1.40. The Morgan fingerprint density at radius 1 is 1.56 bits per heavy atom. The monoisotopic (exact) mass is 270 g/mol. The fourth-order valence-electron chi connectivity index (χ4n) is 1.40. The number of halogens is 3. The number of alkyl halides is 3. The van der Waals surface area contributed by atoms with Crippen LogP contribution in [0, 0.1) is 16.0 Å². The molecule has 0 bridgehead atoms. The van der Waals surface area contributed by atoms with Crippen molar-refractivity contribution in [3.8, 4) is 0 Å².